The van der Waals surface area contributed by atoms with Gasteiger partial charge in [-0.2, -0.15) is 0 Å². The van der Waals surface area contributed by atoms with Crippen molar-refractivity contribution in [3.63, 3.8) is 0 Å². The molecule has 0 aliphatic heterocycles. The predicted octanol–water partition coefficient (Wildman–Crippen LogP) is 3.11. The van der Waals surface area contributed by atoms with Crippen LogP contribution in [0, 0.1) is 0 Å². The zero-order chi connectivity index (χ0) is 14.4. The van der Waals surface area contributed by atoms with Crippen LogP contribution in [0.5, 0.6) is 11.6 Å². The second kappa shape index (κ2) is 6.91. The molecule has 1 atom stereocenters. The number of benzene rings is 1. The average molecular weight is 273 g/mol. The highest BCUT2D eigenvalue weighted by atomic mass is 16.5. The standard InChI is InChI=1S/C16H19NO3/c1-3-14(18)13-8-4-5-9-15(13)20-11-12-7-6-10-17-16(12)19-2/h4-10,14,18H,3,11H2,1-2H3/t14-/m1/s1. The van der Waals surface area contributed by atoms with Gasteiger partial charge < -0.3 is 14.6 Å². The molecule has 0 bridgehead atoms. The summed E-state index contributed by atoms with van der Waals surface area (Å²) in [5.74, 6) is 1.24. The molecule has 0 aliphatic rings. The van der Waals surface area contributed by atoms with Gasteiger partial charge >= 0.3 is 0 Å². The Morgan fingerprint density at radius 3 is 2.75 bits per heavy atom. The molecule has 1 aromatic heterocycles. The van der Waals surface area contributed by atoms with E-state index in [1.807, 2.05) is 43.3 Å². The van der Waals surface area contributed by atoms with Crippen LogP contribution in [0.3, 0.4) is 0 Å². The lowest BCUT2D eigenvalue weighted by Crippen LogP contribution is -2.04. The van der Waals surface area contributed by atoms with Crippen molar-refractivity contribution in [2.24, 2.45) is 0 Å². The van der Waals surface area contributed by atoms with Gasteiger partial charge in [-0.3, -0.25) is 0 Å². The van der Waals surface area contributed by atoms with Crippen molar-refractivity contribution in [1.29, 1.82) is 0 Å². The van der Waals surface area contributed by atoms with Crippen LogP contribution in [0.15, 0.2) is 42.6 Å². The topological polar surface area (TPSA) is 51.6 Å². The van der Waals surface area contributed by atoms with Crippen molar-refractivity contribution in [2.45, 2.75) is 26.1 Å². The van der Waals surface area contributed by atoms with Gasteiger partial charge in [-0.1, -0.05) is 25.1 Å². The Morgan fingerprint density at radius 2 is 2.00 bits per heavy atom. The summed E-state index contributed by atoms with van der Waals surface area (Å²) >= 11 is 0. The summed E-state index contributed by atoms with van der Waals surface area (Å²) in [5.41, 5.74) is 1.67. The van der Waals surface area contributed by atoms with E-state index in [-0.39, 0.29) is 0 Å². The third-order valence-electron chi connectivity index (χ3n) is 3.09. The Balaban J connectivity index is 2.15. The number of para-hydroxylation sites is 1. The van der Waals surface area contributed by atoms with Gasteiger partial charge in [0.15, 0.2) is 0 Å². The monoisotopic (exact) mass is 273 g/mol. The van der Waals surface area contributed by atoms with E-state index in [0.717, 1.165) is 11.1 Å². The minimum atomic E-state index is -0.512. The van der Waals surface area contributed by atoms with Gasteiger partial charge in [0.1, 0.15) is 12.4 Å². The molecule has 0 radical (unpaired) electrons. The maximum absolute atomic E-state index is 9.99. The van der Waals surface area contributed by atoms with E-state index < -0.39 is 6.10 Å². The van der Waals surface area contributed by atoms with E-state index in [4.69, 9.17) is 9.47 Å². The third-order valence-corrected chi connectivity index (χ3v) is 3.09. The second-order valence-corrected chi connectivity index (χ2v) is 4.42. The number of hydrogen-bond donors (Lipinski definition) is 1. The maximum Gasteiger partial charge on any atom is 0.219 e. The summed E-state index contributed by atoms with van der Waals surface area (Å²) < 4.78 is 11.0. The molecule has 0 spiro atoms. The van der Waals surface area contributed by atoms with Gasteiger partial charge in [-0.15, -0.1) is 0 Å². The number of methoxy groups -OCH3 is 1. The molecular formula is C16H19NO3. The third kappa shape index (κ3) is 3.27. The molecule has 1 heterocycles. The van der Waals surface area contributed by atoms with Gasteiger partial charge in [0.25, 0.3) is 0 Å². The zero-order valence-electron chi connectivity index (χ0n) is 11.7. The van der Waals surface area contributed by atoms with Gasteiger partial charge in [0.2, 0.25) is 5.88 Å². The molecule has 0 aliphatic carbocycles. The number of aromatic nitrogens is 1. The van der Waals surface area contributed by atoms with Crippen LogP contribution in [0.2, 0.25) is 0 Å². The highest BCUT2D eigenvalue weighted by molar-refractivity contribution is 5.35. The van der Waals surface area contributed by atoms with Crippen LogP contribution < -0.4 is 9.47 Å². The van der Waals surface area contributed by atoms with Crippen LogP contribution in [0.1, 0.15) is 30.6 Å². The van der Waals surface area contributed by atoms with Crippen molar-refractivity contribution in [3.05, 3.63) is 53.7 Å². The summed E-state index contributed by atoms with van der Waals surface area (Å²) in [7, 11) is 1.58. The van der Waals surface area contributed by atoms with Crippen molar-refractivity contribution in [2.75, 3.05) is 7.11 Å². The van der Waals surface area contributed by atoms with Gasteiger partial charge in [0, 0.05) is 11.8 Å². The summed E-state index contributed by atoms with van der Waals surface area (Å²) in [5, 5.41) is 9.99. The first-order valence-electron chi connectivity index (χ1n) is 6.64. The molecule has 2 rings (SSSR count). The van der Waals surface area contributed by atoms with Crippen molar-refractivity contribution < 1.29 is 14.6 Å². The number of hydrogen-bond acceptors (Lipinski definition) is 4. The Kier molecular flexibility index (Phi) is 4.96. The number of aliphatic hydroxyl groups is 1. The van der Waals surface area contributed by atoms with E-state index in [9.17, 15) is 5.11 Å². The van der Waals surface area contributed by atoms with Crippen LogP contribution in [0.4, 0.5) is 0 Å². The number of pyridine rings is 1. The molecule has 106 valence electrons. The predicted molar refractivity (Wildman–Crippen MR) is 76.8 cm³/mol. The van der Waals surface area contributed by atoms with Gasteiger partial charge in [0.05, 0.1) is 18.8 Å². The number of ether oxygens (including phenoxy) is 2. The fourth-order valence-corrected chi connectivity index (χ4v) is 1.98. The smallest absolute Gasteiger partial charge is 0.219 e. The Labute approximate surface area is 119 Å². The van der Waals surface area contributed by atoms with Crippen LogP contribution in [-0.4, -0.2) is 17.2 Å². The lowest BCUT2D eigenvalue weighted by Gasteiger charge is -2.15. The number of rotatable bonds is 6. The SMILES string of the molecule is CC[C@@H](O)c1ccccc1OCc1cccnc1OC. The summed E-state index contributed by atoms with van der Waals surface area (Å²) in [4.78, 5) is 4.13. The first-order chi connectivity index (χ1) is 9.76. The first kappa shape index (κ1) is 14.3. The summed E-state index contributed by atoms with van der Waals surface area (Å²) in [6, 6.07) is 11.3. The number of aliphatic hydroxyl groups excluding tert-OH is 1. The molecule has 0 fully saturated rings. The van der Waals surface area contributed by atoms with E-state index in [1.54, 1.807) is 13.3 Å². The summed E-state index contributed by atoms with van der Waals surface area (Å²) in [6.45, 7) is 2.29. The molecule has 2 aromatic rings. The maximum atomic E-state index is 9.99. The molecule has 0 saturated carbocycles. The molecule has 1 aromatic carbocycles. The van der Waals surface area contributed by atoms with Gasteiger partial charge in [-0.05, 0) is 24.6 Å². The minimum absolute atomic E-state index is 0.352. The molecule has 20 heavy (non-hydrogen) atoms. The molecule has 0 unspecified atom stereocenters. The van der Waals surface area contributed by atoms with Crippen LogP contribution in [0.25, 0.3) is 0 Å². The van der Waals surface area contributed by atoms with Gasteiger partial charge in [-0.25, -0.2) is 4.98 Å². The quantitative estimate of drug-likeness (QED) is 0.878. The Morgan fingerprint density at radius 1 is 1.20 bits per heavy atom. The lowest BCUT2D eigenvalue weighted by molar-refractivity contribution is 0.166. The normalized spacial score (nSPS) is 11.9. The molecule has 1 N–H and O–H groups in total. The molecular weight excluding hydrogens is 254 g/mol. The highest BCUT2D eigenvalue weighted by Crippen LogP contribution is 2.28. The van der Waals surface area contributed by atoms with Crippen molar-refractivity contribution in [1.82, 2.24) is 4.98 Å². The fraction of sp³-hybridized carbons (Fsp3) is 0.312. The lowest BCUT2D eigenvalue weighted by atomic mass is 10.1. The molecule has 0 amide bonds. The van der Waals surface area contributed by atoms with Crippen molar-refractivity contribution >= 4 is 0 Å². The minimum Gasteiger partial charge on any atom is -0.488 e. The Bertz CT molecular complexity index is 557. The van der Waals surface area contributed by atoms with Crippen LogP contribution in [-0.2, 0) is 6.61 Å². The summed E-state index contributed by atoms with van der Waals surface area (Å²) in [6.07, 6.45) is 1.82. The fourth-order valence-electron chi connectivity index (χ4n) is 1.98. The van der Waals surface area contributed by atoms with E-state index >= 15 is 0 Å². The largest absolute Gasteiger partial charge is 0.488 e. The van der Waals surface area contributed by atoms with E-state index in [2.05, 4.69) is 4.98 Å². The Hall–Kier alpha value is -2.07. The van der Waals surface area contributed by atoms with E-state index in [1.165, 1.54) is 0 Å². The number of nitrogens with zero attached hydrogens (tertiary/aromatic N) is 1. The first-order valence-corrected chi connectivity index (χ1v) is 6.64. The van der Waals surface area contributed by atoms with Crippen molar-refractivity contribution in [3.8, 4) is 11.6 Å². The molecule has 0 saturated heterocycles. The van der Waals surface area contributed by atoms with Crippen LogP contribution >= 0.6 is 0 Å². The average Bonchev–Trinajstić information content (AvgIpc) is 2.52. The molecule has 4 nitrogen and oxygen atoms in total. The zero-order valence-corrected chi connectivity index (χ0v) is 11.7. The highest BCUT2D eigenvalue weighted by Gasteiger charge is 2.12. The van der Waals surface area contributed by atoms with E-state index in [0.29, 0.717) is 24.7 Å². The second-order valence-electron chi connectivity index (χ2n) is 4.42. The molecule has 4 heteroatoms.